The zero-order valence-corrected chi connectivity index (χ0v) is 21.1. The summed E-state index contributed by atoms with van der Waals surface area (Å²) in [5.41, 5.74) is 2.66. The van der Waals surface area contributed by atoms with E-state index in [2.05, 4.69) is 52.6 Å². The molecule has 0 saturated heterocycles. The third-order valence-corrected chi connectivity index (χ3v) is 6.43. The summed E-state index contributed by atoms with van der Waals surface area (Å²) in [4.78, 5) is 9.48. The molecular weight excluding hydrogens is 428 g/mol. The van der Waals surface area contributed by atoms with Gasteiger partial charge in [-0.3, -0.25) is 9.98 Å². The Balaban J connectivity index is 1.93. The van der Waals surface area contributed by atoms with Crippen molar-refractivity contribution in [2.45, 2.75) is 90.1 Å². The molecule has 2 aromatic carbocycles. The van der Waals surface area contributed by atoms with Crippen LogP contribution in [-0.2, 0) is 10.8 Å². The van der Waals surface area contributed by atoms with Gasteiger partial charge < -0.3 is 20.4 Å². The van der Waals surface area contributed by atoms with Crippen LogP contribution in [0.5, 0.6) is 23.0 Å². The molecule has 2 atom stereocenters. The quantitative estimate of drug-likeness (QED) is 0.418. The van der Waals surface area contributed by atoms with Crippen molar-refractivity contribution < 1.29 is 20.4 Å². The molecule has 0 radical (unpaired) electrons. The van der Waals surface area contributed by atoms with E-state index < -0.39 is 0 Å². The number of aliphatic imine (C=N–C) groups is 2. The van der Waals surface area contributed by atoms with E-state index >= 15 is 0 Å². The van der Waals surface area contributed by atoms with Gasteiger partial charge in [0.1, 0.15) is 23.0 Å². The predicted molar refractivity (Wildman–Crippen MR) is 138 cm³/mol. The van der Waals surface area contributed by atoms with Crippen LogP contribution < -0.4 is 0 Å². The maximum Gasteiger partial charge on any atom is 0.131 e. The van der Waals surface area contributed by atoms with Gasteiger partial charge in [-0.2, -0.15) is 0 Å². The highest BCUT2D eigenvalue weighted by atomic mass is 16.3. The zero-order chi connectivity index (χ0) is 25.3. The lowest BCUT2D eigenvalue weighted by atomic mass is 9.79. The van der Waals surface area contributed by atoms with Crippen LogP contribution in [0.3, 0.4) is 0 Å². The minimum Gasteiger partial charge on any atom is -0.508 e. The van der Waals surface area contributed by atoms with Crippen molar-refractivity contribution in [2.75, 3.05) is 0 Å². The van der Waals surface area contributed by atoms with Gasteiger partial charge in [0, 0.05) is 35.7 Å². The monoisotopic (exact) mass is 466 g/mol. The first-order chi connectivity index (χ1) is 15.8. The van der Waals surface area contributed by atoms with Crippen molar-refractivity contribution in [1.29, 1.82) is 0 Å². The van der Waals surface area contributed by atoms with Crippen molar-refractivity contribution in [3.63, 3.8) is 0 Å². The van der Waals surface area contributed by atoms with Crippen LogP contribution in [0.2, 0.25) is 0 Å². The average molecular weight is 467 g/mol. The summed E-state index contributed by atoms with van der Waals surface area (Å²) < 4.78 is 0. The SMILES string of the molecule is CC(C)(C)c1cc(C=N[C@H]2CCCC[C@@H]2N=Cc2c(O)cc(O)cc2O)c(O)c(C(C)(C)C)c1. The molecule has 1 fully saturated rings. The van der Waals surface area contributed by atoms with Gasteiger partial charge in [-0.25, -0.2) is 0 Å². The standard InChI is InChI=1S/C28H38N2O4/c1-27(2,3)18-11-17(26(34)21(12-18)28(4,5)6)15-29-22-9-7-8-10-23(22)30-16-20-24(32)13-19(31)14-25(20)33/h11-16,22-23,31-34H,7-10H2,1-6H3/t22-,23-/m0/s1. The van der Waals surface area contributed by atoms with Gasteiger partial charge in [0.2, 0.25) is 0 Å². The first kappa shape index (κ1) is 25.6. The van der Waals surface area contributed by atoms with E-state index in [0.29, 0.717) is 5.56 Å². The topological polar surface area (TPSA) is 106 Å². The Morgan fingerprint density at radius 3 is 1.76 bits per heavy atom. The summed E-state index contributed by atoms with van der Waals surface area (Å²) in [6, 6.07) is 6.29. The maximum atomic E-state index is 11.0. The summed E-state index contributed by atoms with van der Waals surface area (Å²) in [7, 11) is 0. The molecule has 2 aromatic rings. The summed E-state index contributed by atoms with van der Waals surface area (Å²) in [5.74, 6) is -0.398. The summed E-state index contributed by atoms with van der Waals surface area (Å²) >= 11 is 0. The van der Waals surface area contributed by atoms with Gasteiger partial charge in [0.05, 0.1) is 17.6 Å². The minimum absolute atomic E-state index is 0.0674. The molecular formula is C28H38N2O4. The Morgan fingerprint density at radius 2 is 1.26 bits per heavy atom. The molecule has 1 saturated carbocycles. The molecule has 0 heterocycles. The van der Waals surface area contributed by atoms with Crippen LogP contribution in [0.1, 0.15) is 89.5 Å². The number of hydrogen-bond donors (Lipinski definition) is 4. The number of benzene rings is 2. The number of aromatic hydroxyl groups is 4. The van der Waals surface area contributed by atoms with E-state index in [4.69, 9.17) is 4.99 Å². The number of rotatable bonds is 4. The van der Waals surface area contributed by atoms with Gasteiger partial charge >= 0.3 is 0 Å². The van der Waals surface area contributed by atoms with Crippen LogP contribution in [-0.4, -0.2) is 44.9 Å². The van der Waals surface area contributed by atoms with E-state index in [1.54, 1.807) is 6.21 Å². The Kier molecular flexibility index (Phi) is 7.29. The number of hydrogen-bond acceptors (Lipinski definition) is 6. The highest BCUT2D eigenvalue weighted by Crippen LogP contribution is 2.37. The van der Waals surface area contributed by atoms with Crippen molar-refractivity contribution in [1.82, 2.24) is 0 Å². The normalized spacial score (nSPS) is 19.8. The van der Waals surface area contributed by atoms with Gasteiger partial charge in [-0.15, -0.1) is 0 Å². The Hall–Kier alpha value is -3.02. The van der Waals surface area contributed by atoms with E-state index in [-0.39, 0.29) is 51.5 Å². The van der Waals surface area contributed by atoms with E-state index in [1.165, 1.54) is 18.3 Å². The highest BCUT2D eigenvalue weighted by molar-refractivity contribution is 5.88. The van der Waals surface area contributed by atoms with Crippen molar-refractivity contribution >= 4 is 12.4 Å². The molecule has 0 unspecified atom stereocenters. The van der Waals surface area contributed by atoms with E-state index in [9.17, 15) is 20.4 Å². The molecule has 6 nitrogen and oxygen atoms in total. The van der Waals surface area contributed by atoms with Gasteiger partial charge in [0.15, 0.2) is 0 Å². The van der Waals surface area contributed by atoms with Crippen LogP contribution in [0.25, 0.3) is 0 Å². The summed E-state index contributed by atoms with van der Waals surface area (Å²) in [6.45, 7) is 12.8. The lowest BCUT2D eigenvalue weighted by molar-refractivity contribution is 0.389. The zero-order valence-electron chi connectivity index (χ0n) is 21.1. The predicted octanol–water partition coefficient (Wildman–Crippen LogP) is 5.95. The lowest BCUT2D eigenvalue weighted by Crippen LogP contribution is -2.27. The second-order valence-electron chi connectivity index (χ2n) is 11.3. The molecule has 0 amide bonds. The number of phenols is 4. The second-order valence-corrected chi connectivity index (χ2v) is 11.3. The lowest BCUT2D eigenvalue weighted by Gasteiger charge is -2.27. The molecule has 0 aromatic heterocycles. The molecule has 1 aliphatic rings. The molecule has 6 heteroatoms. The first-order valence-electron chi connectivity index (χ1n) is 12.0. The Morgan fingerprint density at radius 1 is 0.735 bits per heavy atom. The summed E-state index contributed by atoms with van der Waals surface area (Å²) in [5, 5.41) is 40.7. The molecule has 0 bridgehead atoms. The van der Waals surface area contributed by atoms with Gasteiger partial charge in [0.25, 0.3) is 0 Å². The van der Waals surface area contributed by atoms with Gasteiger partial charge in [-0.1, -0.05) is 60.5 Å². The van der Waals surface area contributed by atoms with Crippen LogP contribution in [0, 0.1) is 0 Å². The van der Waals surface area contributed by atoms with Crippen LogP contribution in [0.4, 0.5) is 0 Å². The van der Waals surface area contributed by atoms with E-state index in [1.807, 2.05) is 6.07 Å². The molecule has 184 valence electrons. The summed E-state index contributed by atoms with van der Waals surface area (Å²) in [6.07, 6.45) is 7.02. The molecule has 3 rings (SSSR count). The smallest absolute Gasteiger partial charge is 0.131 e. The number of nitrogens with zero attached hydrogens (tertiary/aromatic N) is 2. The molecule has 34 heavy (non-hydrogen) atoms. The Labute approximate surface area is 202 Å². The molecule has 0 spiro atoms. The number of phenolic OH excluding ortho intramolecular Hbond substituents is 4. The second kappa shape index (κ2) is 9.69. The third kappa shape index (κ3) is 5.91. The molecule has 0 aliphatic heterocycles. The van der Waals surface area contributed by atoms with Gasteiger partial charge in [-0.05, 0) is 35.3 Å². The maximum absolute atomic E-state index is 11.0. The van der Waals surface area contributed by atoms with Crippen LogP contribution >= 0.6 is 0 Å². The van der Waals surface area contributed by atoms with E-state index in [0.717, 1.165) is 36.8 Å². The van der Waals surface area contributed by atoms with Crippen molar-refractivity contribution in [3.05, 3.63) is 46.5 Å². The third-order valence-electron chi connectivity index (χ3n) is 6.43. The fourth-order valence-electron chi connectivity index (χ4n) is 4.29. The minimum atomic E-state index is -0.226. The van der Waals surface area contributed by atoms with Crippen molar-refractivity contribution in [3.8, 4) is 23.0 Å². The first-order valence-corrected chi connectivity index (χ1v) is 12.0. The molecule has 1 aliphatic carbocycles. The fraction of sp³-hybridized carbons (Fsp3) is 0.500. The highest BCUT2D eigenvalue weighted by Gasteiger charge is 2.26. The average Bonchev–Trinajstić information content (AvgIpc) is 2.71. The van der Waals surface area contributed by atoms with Crippen molar-refractivity contribution in [2.24, 2.45) is 9.98 Å². The largest absolute Gasteiger partial charge is 0.508 e. The molecule has 4 N–H and O–H groups in total. The fourth-order valence-corrected chi connectivity index (χ4v) is 4.29. The Bertz CT molecular complexity index is 1070. The van der Waals surface area contributed by atoms with Crippen LogP contribution in [0.15, 0.2) is 34.3 Å².